The highest BCUT2D eigenvalue weighted by Gasteiger charge is 2.38. The Labute approximate surface area is 113 Å². The van der Waals surface area contributed by atoms with Crippen molar-refractivity contribution in [2.75, 3.05) is 7.05 Å². The predicted octanol–water partition coefficient (Wildman–Crippen LogP) is 3.03. The van der Waals surface area contributed by atoms with Gasteiger partial charge in [-0.15, -0.1) is 0 Å². The zero-order valence-electron chi connectivity index (χ0n) is 12.4. The monoisotopic (exact) mass is 250 g/mol. The molecule has 0 aromatic carbocycles. The molecule has 18 heavy (non-hydrogen) atoms. The number of hydrogen-bond donors (Lipinski definition) is 1. The summed E-state index contributed by atoms with van der Waals surface area (Å²) < 4.78 is 0. The minimum Gasteiger partial charge on any atom is -0.311 e. The van der Waals surface area contributed by atoms with Gasteiger partial charge in [0.25, 0.3) is 0 Å². The van der Waals surface area contributed by atoms with Crippen molar-refractivity contribution in [3.63, 3.8) is 0 Å². The molecule has 0 spiro atoms. The second-order valence-electron chi connectivity index (χ2n) is 7.41. The van der Waals surface area contributed by atoms with Crippen molar-refractivity contribution in [3.05, 3.63) is 0 Å². The Bertz CT molecular complexity index is 269. The first-order valence-corrected chi connectivity index (χ1v) is 8.11. The van der Waals surface area contributed by atoms with Crippen molar-refractivity contribution in [1.82, 2.24) is 10.2 Å². The maximum absolute atomic E-state index is 3.96. The lowest BCUT2D eigenvalue weighted by molar-refractivity contribution is 0.0368. The van der Waals surface area contributed by atoms with Crippen LogP contribution in [0.4, 0.5) is 0 Å². The smallest absolute Gasteiger partial charge is 0.0110 e. The molecule has 2 heterocycles. The summed E-state index contributed by atoms with van der Waals surface area (Å²) in [6.45, 7) is 4.75. The van der Waals surface area contributed by atoms with Gasteiger partial charge in [0.15, 0.2) is 0 Å². The molecule has 2 saturated heterocycles. The highest BCUT2D eigenvalue weighted by Crippen LogP contribution is 2.37. The second-order valence-corrected chi connectivity index (χ2v) is 7.41. The van der Waals surface area contributed by atoms with Crippen molar-refractivity contribution >= 4 is 0 Å². The molecule has 104 valence electrons. The van der Waals surface area contributed by atoms with Crippen LogP contribution in [0.25, 0.3) is 0 Å². The van der Waals surface area contributed by atoms with Gasteiger partial charge < -0.3 is 10.2 Å². The van der Waals surface area contributed by atoms with Crippen LogP contribution in [0.15, 0.2) is 0 Å². The van der Waals surface area contributed by atoms with E-state index in [2.05, 4.69) is 31.1 Å². The van der Waals surface area contributed by atoms with Gasteiger partial charge in [0.1, 0.15) is 0 Å². The third-order valence-electron chi connectivity index (χ3n) is 5.93. The van der Waals surface area contributed by atoms with E-state index in [0.717, 1.165) is 36.0 Å². The normalized spacial score (nSPS) is 45.0. The highest BCUT2D eigenvalue weighted by molar-refractivity contribution is 4.96. The molecule has 2 atom stereocenters. The topological polar surface area (TPSA) is 15.3 Å². The Kier molecular flexibility index (Phi) is 3.68. The Morgan fingerprint density at radius 2 is 1.50 bits per heavy atom. The van der Waals surface area contributed by atoms with Crippen LogP contribution in [0.1, 0.15) is 58.8 Å². The Morgan fingerprint density at radius 1 is 0.944 bits per heavy atom. The number of nitrogens with one attached hydrogen (secondary N) is 1. The molecule has 0 amide bonds. The molecule has 1 N–H and O–H groups in total. The van der Waals surface area contributed by atoms with Gasteiger partial charge in [0, 0.05) is 24.2 Å². The van der Waals surface area contributed by atoms with Crippen molar-refractivity contribution < 1.29 is 0 Å². The number of rotatable bonds is 3. The van der Waals surface area contributed by atoms with Crippen molar-refractivity contribution in [2.24, 2.45) is 11.8 Å². The van der Waals surface area contributed by atoms with E-state index in [1.165, 1.54) is 44.9 Å². The standard InChI is InChI=1S/C16H30N2/c1-11(2)12-7-13(8-12)17-14-9-15-5-4-6-16(10-14)18(15)3/h11-17H,4-10H2,1-3H3. The van der Waals surface area contributed by atoms with E-state index in [0.29, 0.717) is 0 Å². The number of piperidine rings is 2. The first-order chi connectivity index (χ1) is 8.63. The number of hydrogen-bond acceptors (Lipinski definition) is 2. The van der Waals surface area contributed by atoms with Gasteiger partial charge in [0.05, 0.1) is 0 Å². The minimum absolute atomic E-state index is 0.814. The maximum Gasteiger partial charge on any atom is 0.0110 e. The van der Waals surface area contributed by atoms with Crippen LogP contribution < -0.4 is 5.32 Å². The van der Waals surface area contributed by atoms with Gasteiger partial charge in [-0.25, -0.2) is 0 Å². The molecule has 1 saturated carbocycles. The summed E-state index contributed by atoms with van der Waals surface area (Å²) in [4.78, 5) is 2.67. The summed E-state index contributed by atoms with van der Waals surface area (Å²) in [6, 6.07) is 3.40. The van der Waals surface area contributed by atoms with Crippen molar-refractivity contribution in [1.29, 1.82) is 0 Å². The second kappa shape index (κ2) is 5.13. The van der Waals surface area contributed by atoms with Crippen LogP contribution >= 0.6 is 0 Å². The Morgan fingerprint density at radius 3 is 2.06 bits per heavy atom. The zero-order chi connectivity index (χ0) is 12.7. The van der Waals surface area contributed by atoms with E-state index >= 15 is 0 Å². The lowest BCUT2D eigenvalue weighted by Crippen LogP contribution is -2.57. The van der Waals surface area contributed by atoms with E-state index in [9.17, 15) is 0 Å². The largest absolute Gasteiger partial charge is 0.311 e. The molecule has 2 heteroatoms. The molecule has 0 radical (unpaired) electrons. The Balaban J connectivity index is 1.47. The van der Waals surface area contributed by atoms with Gasteiger partial charge in [-0.2, -0.15) is 0 Å². The summed E-state index contributed by atoms with van der Waals surface area (Å²) in [5.41, 5.74) is 0. The van der Waals surface area contributed by atoms with Crippen LogP contribution in [-0.2, 0) is 0 Å². The average molecular weight is 250 g/mol. The summed E-state index contributed by atoms with van der Waals surface area (Å²) in [5.74, 6) is 1.88. The van der Waals surface area contributed by atoms with Crippen LogP contribution in [0.2, 0.25) is 0 Å². The van der Waals surface area contributed by atoms with E-state index in [-0.39, 0.29) is 0 Å². The fraction of sp³-hybridized carbons (Fsp3) is 1.00. The first-order valence-electron chi connectivity index (χ1n) is 8.11. The van der Waals surface area contributed by atoms with Gasteiger partial charge in [-0.3, -0.25) is 0 Å². The number of nitrogens with zero attached hydrogens (tertiary/aromatic N) is 1. The molecule has 0 aromatic rings. The number of fused-ring (bicyclic) bond motifs is 2. The minimum atomic E-state index is 0.814. The summed E-state index contributed by atoms with van der Waals surface area (Å²) >= 11 is 0. The summed E-state index contributed by atoms with van der Waals surface area (Å²) in [7, 11) is 2.35. The van der Waals surface area contributed by atoms with Crippen LogP contribution in [0, 0.1) is 11.8 Å². The molecule has 0 aromatic heterocycles. The molecule has 3 aliphatic rings. The third kappa shape index (κ3) is 2.46. The fourth-order valence-electron chi connectivity index (χ4n) is 4.43. The van der Waals surface area contributed by atoms with E-state index in [1.807, 2.05) is 0 Å². The lowest BCUT2D eigenvalue weighted by atomic mass is 9.72. The molecule has 3 rings (SSSR count). The molecule has 2 nitrogen and oxygen atoms in total. The highest BCUT2D eigenvalue weighted by atomic mass is 15.2. The van der Waals surface area contributed by atoms with Gasteiger partial charge in [-0.1, -0.05) is 20.3 Å². The average Bonchev–Trinajstić information content (AvgIpc) is 2.23. The lowest BCUT2D eigenvalue weighted by Gasteiger charge is -2.49. The SMILES string of the molecule is CC(C)C1CC(NC2CC3CCCC(C2)N3C)C1. The fourth-order valence-corrected chi connectivity index (χ4v) is 4.43. The van der Waals surface area contributed by atoms with E-state index in [1.54, 1.807) is 0 Å². The molecule has 2 unspecified atom stereocenters. The predicted molar refractivity (Wildman–Crippen MR) is 76.7 cm³/mol. The maximum atomic E-state index is 3.96. The summed E-state index contributed by atoms with van der Waals surface area (Å²) in [5, 5.41) is 3.96. The molecule has 3 fully saturated rings. The van der Waals surface area contributed by atoms with Gasteiger partial charge in [-0.05, 0) is 57.4 Å². The molecular formula is C16H30N2. The van der Waals surface area contributed by atoms with Crippen LogP contribution in [0.3, 0.4) is 0 Å². The first kappa shape index (κ1) is 12.9. The molecule has 1 aliphatic carbocycles. The Hall–Kier alpha value is -0.0800. The van der Waals surface area contributed by atoms with E-state index < -0.39 is 0 Å². The van der Waals surface area contributed by atoms with Gasteiger partial charge >= 0.3 is 0 Å². The van der Waals surface area contributed by atoms with Crippen molar-refractivity contribution in [3.8, 4) is 0 Å². The van der Waals surface area contributed by atoms with Crippen LogP contribution in [0.5, 0.6) is 0 Å². The summed E-state index contributed by atoms with van der Waals surface area (Å²) in [6.07, 6.45) is 9.99. The zero-order valence-corrected chi connectivity index (χ0v) is 12.4. The third-order valence-corrected chi connectivity index (χ3v) is 5.93. The molecule has 2 aliphatic heterocycles. The molecule has 2 bridgehead atoms. The van der Waals surface area contributed by atoms with Crippen molar-refractivity contribution in [2.45, 2.75) is 83.0 Å². The van der Waals surface area contributed by atoms with Gasteiger partial charge in [0.2, 0.25) is 0 Å². The van der Waals surface area contributed by atoms with Crippen LogP contribution in [-0.4, -0.2) is 36.1 Å². The quantitative estimate of drug-likeness (QED) is 0.828. The van der Waals surface area contributed by atoms with E-state index in [4.69, 9.17) is 0 Å². The molecular weight excluding hydrogens is 220 g/mol.